The highest BCUT2D eigenvalue weighted by molar-refractivity contribution is 6.32. The van der Waals surface area contributed by atoms with Crippen molar-refractivity contribution >= 4 is 11.9 Å². The summed E-state index contributed by atoms with van der Waals surface area (Å²) in [6, 6.07) is 0.533. The van der Waals surface area contributed by atoms with Crippen molar-refractivity contribution in [1.82, 2.24) is 9.80 Å². The summed E-state index contributed by atoms with van der Waals surface area (Å²) in [7, 11) is 0. The van der Waals surface area contributed by atoms with Gasteiger partial charge in [0.25, 0.3) is 0 Å². The fourth-order valence-electron chi connectivity index (χ4n) is 2.78. The average Bonchev–Trinajstić information content (AvgIpc) is 2.74. The molecule has 0 aromatic heterocycles. The SMILES string of the molecule is CCOC(=O)C(=O)N1CC2CCCN2CC1C. The number of rotatable bonds is 1. The van der Waals surface area contributed by atoms with Gasteiger partial charge in [-0.1, -0.05) is 0 Å². The molecule has 5 nitrogen and oxygen atoms in total. The Kier molecular flexibility index (Phi) is 3.66. The number of esters is 1. The molecule has 2 unspecified atom stereocenters. The van der Waals surface area contributed by atoms with Gasteiger partial charge in [-0.25, -0.2) is 4.79 Å². The van der Waals surface area contributed by atoms with Gasteiger partial charge >= 0.3 is 11.9 Å². The second-order valence-corrected chi connectivity index (χ2v) is 4.82. The summed E-state index contributed by atoms with van der Waals surface area (Å²) in [6.45, 7) is 6.61. The molecule has 0 saturated carbocycles. The van der Waals surface area contributed by atoms with Crippen molar-refractivity contribution in [2.45, 2.75) is 38.8 Å². The number of carbonyl (C=O) groups excluding carboxylic acids is 2. The molecule has 2 heterocycles. The molecule has 0 aromatic carbocycles. The van der Waals surface area contributed by atoms with Crippen molar-refractivity contribution in [3.8, 4) is 0 Å². The first kappa shape index (κ1) is 12.4. The standard InChI is InChI=1S/C12H20N2O3/c1-3-17-12(16)11(15)14-8-10-5-4-6-13(10)7-9(14)2/h9-10H,3-8H2,1-2H3. The van der Waals surface area contributed by atoms with Crippen LogP contribution in [-0.2, 0) is 14.3 Å². The number of fused-ring (bicyclic) bond motifs is 1. The summed E-state index contributed by atoms with van der Waals surface area (Å²) < 4.78 is 4.77. The van der Waals surface area contributed by atoms with Gasteiger partial charge in [0.05, 0.1) is 6.61 Å². The molecule has 1 amide bonds. The highest BCUT2D eigenvalue weighted by Gasteiger charge is 2.38. The van der Waals surface area contributed by atoms with Crippen LogP contribution in [0.3, 0.4) is 0 Å². The Labute approximate surface area is 102 Å². The Bertz CT molecular complexity index is 319. The largest absolute Gasteiger partial charge is 0.459 e. The van der Waals surface area contributed by atoms with Crippen LogP contribution in [0, 0.1) is 0 Å². The zero-order valence-electron chi connectivity index (χ0n) is 10.5. The van der Waals surface area contributed by atoms with E-state index in [1.165, 1.54) is 6.42 Å². The van der Waals surface area contributed by atoms with Gasteiger partial charge < -0.3 is 9.64 Å². The number of ether oxygens (including phenoxy) is 1. The minimum atomic E-state index is -0.717. The molecule has 2 aliphatic rings. The van der Waals surface area contributed by atoms with E-state index in [9.17, 15) is 9.59 Å². The molecule has 0 aromatic rings. The number of carbonyl (C=O) groups is 2. The predicted octanol–water partition coefficient (Wildman–Crippen LogP) is 0.245. The van der Waals surface area contributed by atoms with E-state index in [1.807, 2.05) is 6.92 Å². The minimum Gasteiger partial charge on any atom is -0.459 e. The zero-order valence-corrected chi connectivity index (χ0v) is 10.5. The smallest absolute Gasteiger partial charge is 0.397 e. The van der Waals surface area contributed by atoms with Crippen LogP contribution in [0.1, 0.15) is 26.7 Å². The lowest BCUT2D eigenvalue weighted by atomic mass is 10.1. The Hall–Kier alpha value is -1.10. The van der Waals surface area contributed by atoms with Crippen LogP contribution in [0.15, 0.2) is 0 Å². The topological polar surface area (TPSA) is 49.9 Å². The molecule has 0 aliphatic carbocycles. The van der Waals surface area contributed by atoms with Crippen LogP contribution in [0.5, 0.6) is 0 Å². The van der Waals surface area contributed by atoms with Crippen molar-refractivity contribution in [2.75, 3.05) is 26.2 Å². The number of amides is 1. The molecule has 0 N–H and O–H groups in total. The van der Waals surface area contributed by atoms with Gasteiger partial charge in [0.1, 0.15) is 0 Å². The number of nitrogens with zero attached hydrogens (tertiary/aromatic N) is 2. The third-order valence-electron chi connectivity index (χ3n) is 3.65. The maximum atomic E-state index is 11.9. The highest BCUT2D eigenvalue weighted by Crippen LogP contribution is 2.24. The van der Waals surface area contributed by atoms with E-state index in [0.717, 1.165) is 19.5 Å². The lowest BCUT2D eigenvalue weighted by Gasteiger charge is -2.41. The van der Waals surface area contributed by atoms with Crippen molar-refractivity contribution in [3.05, 3.63) is 0 Å². The molecule has 0 spiro atoms. The molecule has 0 radical (unpaired) electrons. The zero-order chi connectivity index (χ0) is 12.4. The van der Waals surface area contributed by atoms with Crippen molar-refractivity contribution < 1.29 is 14.3 Å². The van der Waals surface area contributed by atoms with Gasteiger partial charge in [0.15, 0.2) is 0 Å². The number of hydrogen-bond acceptors (Lipinski definition) is 4. The molecule has 96 valence electrons. The van der Waals surface area contributed by atoms with E-state index in [-0.39, 0.29) is 12.6 Å². The van der Waals surface area contributed by atoms with E-state index in [4.69, 9.17) is 4.74 Å². The summed E-state index contributed by atoms with van der Waals surface area (Å²) in [5, 5.41) is 0. The molecule has 5 heteroatoms. The number of piperazine rings is 1. The molecular formula is C12H20N2O3. The third kappa shape index (κ3) is 2.44. The van der Waals surface area contributed by atoms with Crippen LogP contribution in [0.4, 0.5) is 0 Å². The van der Waals surface area contributed by atoms with Gasteiger partial charge in [-0.15, -0.1) is 0 Å². The van der Waals surface area contributed by atoms with Crippen LogP contribution in [-0.4, -0.2) is 60.0 Å². The van der Waals surface area contributed by atoms with E-state index in [0.29, 0.717) is 12.6 Å². The Balaban J connectivity index is 2.00. The molecule has 0 bridgehead atoms. The van der Waals surface area contributed by atoms with Crippen LogP contribution >= 0.6 is 0 Å². The van der Waals surface area contributed by atoms with Crippen molar-refractivity contribution in [2.24, 2.45) is 0 Å². The van der Waals surface area contributed by atoms with Gasteiger partial charge in [0, 0.05) is 25.2 Å². The van der Waals surface area contributed by atoms with E-state index < -0.39 is 11.9 Å². The minimum absolute atomic E-state index is 0.0984. The lowest BCUT2D eigenvalue weighted by molar-refractivity contribution is -0.162. The maximum Gasteiger partial charge on any atom is 0.397 e. The molecular weight excluding hydrogens is 220 g/mol. The Morgan fingerprint density at radius 3 is 2.82 bits per heavy atom. The monoisotopic (exact) mass is 240 g/mol. The highest BCUT2D eigenvalue weighted by atomic mass is 16.5. The summed E-state index contributed by atoms with van der Waals surface area (Å²) in [4.78, 5) is 27.5. The molecule has 2 aliphatic heterocycles. The first-order chi connectivity index (χ1) is 8.13. The molecule has 2 rings (SSSR count). The van der Waals surface area contributed by atoms with Crippen LogP contribution < -0.4 is 0 Å². The molecule has 17 heavy (non-hydrogen) atoms. The van der Waals surface area contributed by atoms with E-state index >= 15 is 0 Å². The van der Waals surface area contributed by atoms with Gasteiger partial charge in [-0.3, -0.25) is 9.69 Å². The first-order valence-electron chi connectivity index (χ1n) is 6.35. The normalized spacial score (nSPS) is 28.9. The van der Waals surface area contributed by atoms with Gasteiger partial charge in [0.2, 0.25) is 0 Å². The Morgan fingerprint density at radius 2 is 2.12 bits per heavy atom. The Morgan fingerprint density at radius 1 is 1.35 bits per heavy atom. The van der Waals surface area contributed by atoms with Gasteiger partial charge in [-0.05, 0) is 33.2 Å². The molecule has 2 atom stereocenters. The quantitative estimate of drug-likeness (QED) is 0.487. The van der Waals surface area contributed by atoms with Crippen LogP contribution in [0.25, 0.3) is 0 Å². The summed E-state index contributed by atoms with van der Waals surface area (Å²) in [5.74, 6) is -1.20. The maximum absolute atomic E-state index is 11.9. The lowest BCUT2D eigenvalue weighted by Crippen LogP contribution is -2.58. The fraction of sp³-hybridized carbons (Fsp3) is 0.833. The van der Waals surface area contributed by atoms with E-state index in [1.54, 1.807) is 11.8 Å². The summed E-state index contributed by atoms with van der Waals surface area (Å²) in [5.41, 5.74) is 0. The second-order valence-electron chi connectivity index (χ2n) is 4.82. The van der Waals surface area contributed by atoms with Crippen molar-refractivity contribution in [3.63, 3.8) is 0 Å². The summed E-state index contributed by atoms with van der Waals surface area (Å²) in [6.07, 6.45) is 2.32. The van der Waals surface area contributed by atoms with Crippen molar-refractivity contribution in [1.29, 1.82) is 0 Å². The van der Waals surface area contributed by atoms with E-state index in [2.05, 4.69) is 4.90 Å². The fourth-order valence-corrected chi connectivity index (χ4v) is 2.78. The third-order valence-corrected chi connectivity index (χ3v) is 3.65. The average molecular weight is 240 g/mol. The first-order valence-corrected chi connectivity index (χ1v) is 6.35. The molecule has 2 saturated heterocycles. The summed E-state index contributed by atoms with van der Waals surface area (Å²) >= 11 is 0. The second kappa shape index (κ2) is 5.04. The number of hydrogen-bond donors (Lipinski definition) is 0. The molecule has 2 fully saturated rings. The van der Waals surface area contributed by atoms with Crippen LogP contribution in [0.2, 0.25) is 0 Å². The predicted molar refractivity (Wildman–Crippen MR) is 62.4 cm³/mol. The van der Waals surface area contributed by atoms with Gasteiger partial charge in [-0.2, -0.15) is 0 Å².